The van der Waals surface area contributed by atoms with Gasteiger partial charge in [0.25, 0.3) is 5.69 Å². The van der Waals surface area contributed by atoms with Crippen molar-refractivity contribution < 1.29 is 27.6 Å². The number of nitrogens with one attached hydrogen (secondary N) is 1. The van der Waals surface area contributed by atoms with Gasteiger partial charge in [-0.25, -0.2) is 13.1 Å². The van der Waals surface area contributed by atoms with Gasteiger partial charge in [-0.15, -0.1) is 0 Å². The number of hydrogen-bond donors (Lipinski definition) is 1. The van der Waals surface area contributed by atoms with Gasteiger partial charge in [0.15, 0.2) is 0 Å². The van der Waals surface area contributed by atoms with Crippen LogP contribution in [0.1, 0.15) is 36.1 Å². The number of nitrogens with zero attached hydrogens (tertiary/aromatic N) is 1. The predicted molar refractivity (Wildman–Crippen MR) is 110 cm³/mol. The minimum absolute atomic E-state index is 0.0279. The number of carbonyl (C=O) groups is 1. The first-order valence-corrected chi connectivity index (χ1v) is 10.6. The maximum absolute atomic E-state index is 13.1. The lowest BCUT2D eigenvalue weighted by Gasteiger charge is -2.20. The molecule has 0 amide bonds. The van der Waals surface area contributed by atoms with Crippen LogP contribution in [0, 0.1) is 24.0 Å². The van der Waals surface area contributed by atoms with Crippen LogP contribution in [0.25, 0.3) is 0 Å². The van der Waals surface area contributed by atoms with Crippen LogP contribution in [-0.4, -0.2) is 33.0 Å². The summed E-state index contributed by atoms with van der Waals surface area (Å²) in [6.45, 7) is 5.11. The van der Waals surface area contributed by atoms with Gasteiger partial charge < -0.3 is 9.47 Å². The highest BCUT2D eigenvalue weighted by Gasteiger charge is 2.27. The Labute approximate surface area is 175 Å². The van der Waals surface area contributed by atoms with Gasteiger partial charge in [-0.1, -0.05) is 12.1 Å². The fourth-order valence-corrected chi connectivity index (χ4v) is 4.53. The number of nitro groups is 1. The first-order chi connectivity index (χ1) is 14.1. The molecular formula is C20H24N2O7S. The Morgan fingerprint density at radius 2 is 1.90 bits per heavy atom. The van der Waals surface area contributed by atoms with E-state index in [1.165, 1.54) is 37.4 Å². The molecular weight excluding hydrogens is 412 g/mol. The summed E-state index contributed by atoms with van der Waals surface area (Å²) >= 11 is 0. The molecule has 30 heavy (non-hydrogen) atoms. The maximum atomic E-state index is 13.1. The monoisotopic (exact) mass is 436 g/mol. The van der Waals surface area contributed by atoms with Crippen molar-refractivity contribution in [2.24, 2.45) is 0 Å². The molecule has 0 bridgehead atoms. The summed E-state index contributed by atoms with van der Waals surface area (Å²) in [7, 11) is -2.57. The average Bonchev–Trinajstić information content (AvgIpc) is 2.68. The Kier molecular flexibility index (Phi) is 7.52. The predicted octanol–water partition coefficient (Wildman–Crippen LogP) is 3.19. The third-order valence-corrected chi connectivity index (χ3v) is 6.05. The van der Waals surface area contributed by atoms with Gasteiger partial charge in [-0.3, -0.25) is 14.9 Å². The number of esters is 1. The summed E-state index contributed by atoms with van der Waals surface area (Å²) < 4.78 is 38.9. The Morgan fingerprint density at radius 1 is 1.20 bits per heavy atom. The van der Waals surface area contributed by atoms with Crippen LogP contribution in [0.3, 0.4) is 0 Å². The van der Waals surface area contributed by atoms with Crippen molar-refractivity contribution in [2.45, 2.75) is 38.1 Å². The van der Waals surface area contributed by atoms with E-state index in [4.69, 9.17) is 9.47 Å². The van der Waals surface area contributed by atoms with Crippen molar-refractivity contribution in [3.8, 4) is 5.75 Å². The summed E-state index contributed by atoms with van der Waals surface area (Å²) in [6, 6.07) is 7.52. The Balaban J connectivity index is 2.47. The van der Waals surface area contributed by atoms with Crippen molar-refractivity contribution in [3.05, 3.63) is 63.2 Å². The third kappa shape index (κ3) is 5.55. The van der Waals surface area contributed by atoms with Crippen LogP contribution in [-0.2, 0) is 19.6 Å². The highest BCUT2D eigenvalue weighted by molar-refractivity contribution is 7.89. The van der Waals surface area contributed by atoms with Crippen LogP contribution in [0.5, 0.6) is 5.75 Å². The summed E-state index contributed by atoms with van der Waals surface area (Å²) in [5.74, 6) is -0.0763. The lowest BCUT2D eigenvalue weighted by Crippen LogP contribution is -2.31. The highest BCUT2D eigenvalue weighted by Crippen LogP contribution is 2.28. The Bertz CT molecular complexity index is 1050. The second-order valence-electron chi connectivity index (χ2n) is 6.62. The molecule has 0 radical (unpaired) electrons. The van der Waals surface area contributed by atoms with Crippen LogP contribution >= 0.6 is 0 Å². The molecule has 9 nitrogen and oxygen atoms in total. The number of methoxy groups -OCH3 is 1. The van der Waals surface area contributed by atoms with E-state index >= 15 is 0 Å². The highest BCUT2D eigenvalue weighted by atomic mass is 32.2. The van der Waals surface area contributed by atoms with E-state index < -0.39 is 27.0 Å². The molecule has 0 spiro atoms. The molecule has 0 fully saturated rings. The number of benzene rings is 2. The second kappa shape index (κ2) is 9.68. The van der Waals surface area contributed by atoms with Crippen molar-refractivity contribution in [3.63, 3.8) is 0 Å². The molecule has 1 atom stereocenters. The normalized spacial score (nSPS) is 12.3. The van der Waals surface area contributed by atoms with Gasteiger partial charge in [0.2, 0.25) is 10.0 Å². The van der Waals surface area contributed by atoms with Crippen molar-refractivity contribution in [1.82, 2.24) is 4.72 Å². The van der Waals surface area contributed by atoms with Crippen molar-refractivity contribution >= 4 is 21.7 Å². The zero-order valence-electron chi connectivity index (χ0n) is 17.2. The number of sulfonamides is 1. The standard InChI is InChI=1S/C20H24N2O7S/c1-5-29-20(23)12-17(15-7-6-8-16(11-15)22(24)25)21-30(26,27)19-10-13(2)18(28-4)9-14(19)3/h6-11,17,21H,5,12H2,1-4H3. The zero-order valence-corrected chi connectivity index (χ0v) is 18.0. The van der Waals surface area contributed by atoms with E-state index in [9.17, 15) is 23.3 Å². The topological polar surface area (TPSA) is 125 Å². The summed E-state index contributed by atoms with van der Waals surface area (Å²) in [5.41, 5.74) is 1.15. The van der Waals surface area contributed by atoms with E-state index in [2.05, 4.69) is 4.72 Å². The first kappa shape index (κ1) is 23.3. The average molecular weight is 436 g/mol. The lowest BCUT2D eigenvalue weighted by atomic mass is 10.0. The molecule has 0 aliphatic carbocycles. The van der Waals surface area contributed by atoms with E-state index in [0.717, 1.165) is 0 Å². The quantitative estimate of drug-likeness (QED) is 0.363. The number of nitro benzene ring substituents is 1. The summed E-state index contributed by atoms with van der Waals surface area (Å²) in [4.78, 5) is 22.6. The Morgan fingerprint density at radius 3 is 2.50 bits per heavy atom. The molecule has 0 saturated carbocycles. The summed E-state index contributed by atoms with van der Waals surface area (Å²) in [5, 5.41) is 11.1. The number of carbonyl (C=O) groups excluding carboxylic acids is 1. The minimum Gasteiger partial charge on any atom is -0.496 e. The first-order valence-electron chi connectivity index (χ1n) is 9.16. The molecule has 0 saturated heterocycles. The van der Waals surface area contributed by atoms with E-state index in [1.54, 1.807) is 26.8 Å². The van der Waals surface area contributed by atoms with E-state index in [1.807, 2.05) is 0 Å². The molecule has 2 aromatic carbocycles. The fraction of sp³-hybridized carbons (Fsp3) is 0.350. The van der Waals surface area contributed by atoms with Crippen molar-refractivity contribution in [1.29, 1.82) is 0 Å². The van der Waals surface area contributed by atoms with Crippen LogP contribution < -0.4 is 9.46 Å². The third-order valence-electron chi connectivity index (χ3n) is 4.44. The number of hydrogen-bond acceptors (Lipinski definition) is 7. The molecule has 0 heterocycles. The van der Waals surface area contributed by atoms with Gasteiger partial charge in [0.05, 0.1) is 36.0 Å². The Hall–Kier alpha value is -2.98. The van der Waals surface area contributed by atoms with Crippen LogP contribution in [0.4, 0.5) is 5.69 Å². The second-order valence-corrected chi connectivity index (χ2v) is 8.30. The van der Waals surface area contributed by atoms with E-state index in [0.29, 0.717) is 16.9 Å². The number of non-ortho nitro benzene ring substituents is 1. The molecule has 0 aliphatic heterocycles. The SMILES string of the molecule is CCOC(=O)CC(NS(=O)(=O)c1cc(C)c(OC)cc1C)c1cccc([N+](=O)[O-])c1. The largest absolute Gasteiger partial charge is 0.496 e. The minimum atomic E-state index is -4.06. The smallest absolute Gasteiger partial charge is 0.307 e. The molecule has 162 valence electrons. The van der Waals surface area contributed by atoms with Crippen molar-refractivity contribution in [2.75, 3.05) is 13.7 Å². The van der Waals surface area contributed by atoms with Gasteiger partial charge in [0, 0.05) is 12.1 Å². The van der Waals surface area contributed by atoms with E-state index in [-0.39, 0.29) is 29.2 Å². The number of ether oxygens (including phenoxy) is 2. The number of aryl methyl sites for hydroxylation is 2. The molecule has 10 heteroatoms. The van der Waals surface area contributed by atoms with Gasteiger partial charge >= 0.3 is 5.97 Å². The van der Waals surface area contributed by atoms with Crippen LogP contribution in [0.15, 0.2) is 41.3 Å². The molecule has 2 aromatic rings. The summed E-state index contributed by atoms with van der Waals surface area (Å²) in [6.07, 6.45) is -0.317. The zero-order chi connectivity index (χ0) is 22.5. The number of rotatable bonds is 9. The molecule has 0 aliphatic rings. The molecule has 1 N–H and O–H groups in total. The van der Waals surface area contributed by atoms with Gasteiger partial charge in [-0.05, 0) is 49.6 Å². The molecule has 2 rings (SSSR count). The maximum Gasteiger partial charge on any atom is 0.307 e. The van der Waals surface area contributed by atoms with Gasteiger partial charge in [0.1, 0.15) is 5.75 Å². The van der Waals surface area contributed by atoms with Crippen LogP contribution in [0.2, 0.25) is 0 Å². The molecule has 1 unspecified atom stereocenters. The molecule has 0 aromatic heterocycles. The fourth-order valence-electron chi connectivity index (χ4n) is 2.99. The lowest BCUT2D eigenvalue weighted by molar-refractivity contribution is -0.384. The van der Waals surface area contributed by atoms with Gasteiger partial charge in [-0.2, -0.15) is 0 Å².